The fourth-order valence-electron chi connectivity index (χ4n) is 1.62. The average molecular weight is 256 g/mol. The van der Waals surface area contributed by atoms with Crippen molar-refractivity contribution < 1.29 is 17.6 Å². The van der Waals surface area contributed by atoms with Crippen LogP contribution in [0.2, 0.25) is 0 Å². The van der Waals surface area contributed by atoms with Gasteiger partial charge in [-0.2, -0.15) is 13.2 Å². The van der Waals surface area contributed by atoms with Crippen LogP contribution in [-0.4, -0.2) is 4.98 Å². The molecule has 0 bridgehead atoms. The van der Waals surface area contributed by atoms with E-state index in [9.17, 15) is 13.2 Å². The lowest BCUT2D eigenvalue weighted by molar-refractivity contribution is -0.137. The van der Waals surface area contributed by atoms with Gasteiger partial charge in [0.15, 0.2) is 5.76 Å². The van der Waals surface area contributed by atoms with Gasteiger partial charge in [0.2, 0.25) is 5.89 Å². The van der Waals surface area contributed by atoms with Gasteiger partial charge in [-0.15, -0.1) is 0 Å². The first-order valence-corrected chi connectivity index (χ1v) is 5.26. The van der Waals surface area contributed by atoms with Crippen molar-refractivity contribution in [2.75, 3.05) is 0 Å². The van der Waals surface area contributed by atoms with E-state index in [4.69, 9.17) is 10.2 Å². The molecule has 2 rings (SSSR count). The van der Waals surface area contributed by atoms with Gasteiger partial charge in [-0.25, -0.2) is 4.98 Å². The topological polar surface area (TPSA) is 52.0 Å². The lowest BCUT2D eigenvalue weighted by Crippen LogP contribution is -2.03. The van der Waals surface area contributed by atoms with Crippen molar-refractivity contribution in [2.45, 2.75) is 19.6 Å². The SMILES string of the molecule is Cc1nc(CN)oc1-c1ccc(C(F)(F)F)cc1. The molecule has 0 saturated carbocycles. The molecule has 2 N–H and O–H groups in total. The first-order valence-electron chi connectivity index (χ1n) is 5.26. The Morgan fingerprint density at radius 3 is 2.28 bits per heavy atom. The summed E-state index contributed by atoms with van der Waals surface area (Å²) in [6.45, 7) is 1.87. The minimum atomic E-state index is -4.34. The Balaban J connectivity index is 2.37. The van der Waals surface area contributed by atoms with Crippen molar-refractivity contribution in [1.82, 2.24) is 4.98 Å². The second kappa shape index (κ2) is 4.45. The summed E-state index contributed by atoms with van der Waals surface area (Å²) in [5.74, 6) is 0.812. The number of oxazole rings is 1. The number of hydrogen-bond acceptors (Lipinski definition) is 3. The number of halogens is 3. The van der Waals surface area contributed by atoms with Gasteiger partial charge < -0.3 is 10.2 Å². The third-order valence-electron chi connectivity index (χ3n) is 2.49. The molecule has 0 unspecified atom stereocenters. The maximum atomic E-state index is 12.4. The Morgan fingerprint density at radius 2 is 1.83 bits per heavy atom. The summed E-state index contributed by atoms with van der Waals surface area (Å²) >= 11 is 0. The van der Waals surface area contributed by atoms with E-state index < -0.39 is 11.7 Å². The van der Waals surface area contributed by atoms with E-state index in [-0.39, 0.29) is 6.54 Å². The zero-order chi connectivity index (χ0) is 13.3. The second-order valence-electron chi connectivity index (χ2n) is 3.80. The first kappa shape index (κ1) is 12.6. The third-order valence-corrected chi connectivity index (χ3v) is 2.49. The summed E-state index contributed by atoms with van der Waals surface area (Å²) in [4.78, 5) is 4.06. The van der Waals surface area contributed by atoms with Gasteiger partial charge in [-0.1, -0.05) is 12.1 Å². The van der Waals surface area contributed by atoms with Gasteiger partial charge in [0.1, 0.15) is 0 Å². The third kappa shape index (κ3) is 2.38. The molecule has 0 radical (unpaired) electrons. The molecule has 3 nitrogen and oxygen atoms in total. The molecular weight excluding hydrogens is 245 g/mol. The summed E-state index contributed by atoms with van der Waals surface area (Å²) in [5, 5.41) is 0. The van der Waals surface area contributed by atoms with Crippen LogP contribution >= 0.6 is 0 Å². The van der Waals surface area contributed by atoms with Gasteiger partial charge >= 0.3 is 6.18 Å². The lowest BCUT2D eigenvalue weighted by Gasteiger charge is -2.06. The van der Waals surface area contributed by atoms with Crippen LogP contribution in [0.5, 0.6) is 0 Å². The molecule has 0 aliphatic rings. The van der Waals surface area contributed by atoms with E-state index in [1.807, 2.05) is 0 Å². The van der Waals surface area contributed by atoms with Crippen LogP contribution in [0.15, 0.2) is 28.7 Å². The molecule has 0 amide bonds. The summed E-state index contributed by atoms with van der Waals surface area (Å²) in [5.41, 5.74) is 5.85. The van der Waals surface area contributed by atoms with Crippen LogP contribution in [-0.2, 0) is 12.7 Å². The van der Waals surface area contributed by atoms with E-state index in [1.165, 1.54) is 12.1 Å². The summed E-state index contributed by atoms with van der Waals surface area (Å²) in [7, 11) is 0. The van der Waals surface area contributed by atoms with Crippen LogP contribution in [0.25, 0.3) is 11.3 Å². The molecule has 1 aromatic carbocycles. The normalized spacial score (nSPS) is 11.8. The van der Waals surface area contributed by atoms with Crippen molar-refractivity contribution in [1.29, 1.82) is 0 Å². The van der Waals surface area contributed by atoms with Gasteiger partial charge in [0, 0.05) is 5.56 Å². The van der Waals surface area contributed by atoms with Crippen molar-refractivity contribution in [3.63, 3.8) is 0 Å². The first-order chi connectivity index (χ1) is 8.41. The van der Waals surface area contributed by atoms with Crippen LogP contribution in [0, 0.1) is 6.92 Å². The standard InChI is InChI=1S/C12H11F3N2O/c1-7-11(18-10(6-16)17-7)8-2-4-9(5-3-8)12(13,14)15/h2-5H,6,16H2,1H3. The highest BCUT2D eigenvalue weighted by atomic mass is 19.4. The van der Waals surface area contributed by atoms with Crippen LogP contribution in [0.1, 0.15) is 17.1 Å². The number of nitrogens with zero attached hydrogens (tertiary/aromatic N) is 1. The minimum absolute atomic E-state index is 0.154. The predicted octanol–water partition coefficient (Wildman–Crippen LogP) is 3.13. The molecule has 0 saturated heterocycles. The Hall–Kier alpha value is -1.82. The van der Waals surface area contributed by atoms with Crippen LogP contribution < -0.4 is 5.73 Å². The summed E-state index contributed by atoms with van der Waals surface area (Å²) < 4.78 is 42.6. The van der Waals surface area contributed by atoms with Crippen LogP contribution in [0.4, 0.5) is 13.2 Å². The van der Waals surface area contributed by atoms with E-state index in [1.54, 1.807) is 6.92 Å². The Morgan fingerprint density at radius 1 is 1.22 bits per heavy atom. The smallest absolute Gasteiger partial charge is 0.416 e. The number of aromatic nitrogens is 1. The van der Waals surface area contributed by atoms with Crippen molar-refractivity contribution in [3.8, 4) is 11.3 Å². The van der Waals surface area contributed by atoms with E-state index in [2.05, 4.69) is 4.98 Å². The van der Waals surface area contributed by atoms with E-state index in [0.29, 0.717) is 22.9 Å². The molecule has 96 valence electrons. The highest BCUT2D eigenvalue weighted by Crippen LogP contribution is 2.31. The maximum Gasteiger partial charge on any atom is 0.416 e. The monoisotopic (exact) mass is 256 g/mol. The number of aryl methyl sites for hydroxylation is 1. The Bertz CT molecular complexity index is 543. The fraction of sp³-hybridized carbons (Fsp3) is 0.250. The quantitative estimate of drug-likeness (QED) is 0.898. The van der Waals surface area contributed by atoms with Gasteiger partial charge in [0.05, 0.1) is 17.8 Å². The number of benzene rings is 1. The molecule has 0 atom stereocenters. The Labute approximate surface area is 101 Å². The van der Waals surface area contributed by atoms with Crippen molar-refractivity contribution >= 4 is 0 Å². The van der Waals surface area contributed by atoms with Gasteiger partial charge in [-0.3, -0.25) is 0 Å². The average Bonchev–Trinajstić information content (AvgIpc) is 2.70. The van der Waals surface area contributed by atoms with E-state index >= 15 is 0 Å². The fourth-order valence-corrected chi connectivity index (χ4v) is 1.62. The molecule has 1 heterocycles. The zero-order valence-electron chi connectivity index (χ0n) is 9.58. The number of rotatable bonds is 2. The highest BCUT2D eigenvalue weighted by Gasteiger charge is 2.30. The van der Waals surface area contributed by atoms with Crippen molar-refractivity contribution in [2.24, 2.45) is 5.73 Å². The minimum Gasteiger partial charge on any atom is -0.439 e. The number of nitrogens with two attached hydrogens (primary N) is 1. The molecule has 6 heteroatoms. The molecule has 0 aliphatic carbocycles. The largest absolute Gasteiger partial charge is 0.439 e. The predicted molar refractivity (Wildman–Crippen MR) is 59.6 cm³/mol. The van der Waals surface area contributed by atoms with Crippen molar-refractivity contribution in [3.05, 3.63) is 41.4 Å². The summed E-state index contributed by atoms with van der Waals surface area (Å²) in [6.07, 6.45) is -4.34. The van der Waals surface area contributed by atoms with E-state index in [0.717, 1.165) is 12.1 Å². The second-order valence-corrected chi connectivity index (χ2v) is 3.80. The number of alkyl halides is 3. The highest BCUT2D eigenvalue weighted by molar-refractivity contribution is 5.60. The van der Waals surface area contributed by atoms with Gasteiger partial charge in [0.25, 0.3) is 0 Å². The maximum absolute atomic E-state index is 12.4. The van der Waals surface area contributed by atoms with Gasteiger partial charge in [-0.05, 0) is 19.1 Å². The summed E-state index contributed by atoms with van der Waals surface area (Å²) in [6, 6.07) is 4.74. The molecule has 0 spiro atoms. The molecule has 1 aromatic heterocycles. The molecule has 18 heavy (non-hydrogen) atoms. The molecule has 0 aliphatic heterocycles. The Kier molecular flexibility index (Phi) is 3.13. The molecular formula is C12H11F3N2O. The molecule has 0 fully saturated rings. The van der Waals surface area contributed by atoms with Crippen LogP contribution in [0.3, 0.4) is 0 Å². The zero-order valence-corrected chi connectivity index (χ0v) is 9.58. The lowest BCUT2D eigenvalue weighted by atomic mass is 10.1. The number of hydrogen-bond donors (Lipinski definition) is 1. The molecule has 2 aromatic rings.